The third kappa shape index (κ3) is 3.68. The summed E-state index contributed by atoms with van der Waals surface area (Å²) in [5.74, 6) is 1.21. The Bertz CT molecular complexity index is 961. The second kappa shape index (κ2) is 7.93. The van der Waals surface area contributed by atoms with E-state index in [4.69, 9.17) is 5.73 Å². The minimum absolute atomic E-state index is 0.0598. The summed E-state index contributed by atoms with van der Waals surface area (Å²) in [7, 11) is 1.94. The number of amides is 1. The minimum Gasteiger partial charge on any atom is -0.338 e. The van der Waals surface area contributed by atoms with Crippen LogP contribution in [0, 0.1) is 5.92 Å². The molecule has 3 heterocycles. The molecule has 8 nitrogen and oxygen atoms in total. The molecule has 1 saturated heterocycles. The molecule has 8 heteroatoms. The molecule has 146 valence electrons. The van der Waals surface area contributed by atoms with E-state index in [1.807, 2.05) is 57.9 Å². The summed E-state index contributed by atoms with van der Waals surface area (Å²) >= 11 is 0. The van der Waals surface area contributed by atoms with Crippen LogP contribution in [0.5, 0.6) is 0 Å². The SMILES string of the molecule is Cn1ccnc1-c1ccccc1C(=O)N1CCCC(Cn2cc(CN)nn2)C1. The Morgan fingerprint density at radius 2 is 2.18 bits per heavy atom. The summed E-state index contributed by atoms with van der Waals surface area (Å²) in [6.45, 7) is 2.62. The van der Waals surface area contributed by atoms with E-state index in [-0.39, 0.29) is 5.91 Å². The highest BCUT2D eigenvalue weighted by molar-refractivity contribution is 6.00. The molecule has 4 rings (SSSR count). The molecule has 0 radical (unpaired) electrons. The lowest BCUT2D eigenvalue weighted by Crippen LogP contribution is -2.41. The number of rotatable bonds is 5. The zero-order valence-corrected chi connectivity index (χ0v) is 16.0. The summed E-state index contributed by atoms with van der Waals surface area (Å²) in [6.07, 6.45) is 7.58. The molecule has 1 aliphatic rings. The van der Waals surface area contributed by atoms with Crippen molar-refractivity contribution in [1.29, 1.82) is 0 Å². The van der Waals surface area contributed by atoms with Crippen LogP contribution in [0.4, 0.5) is 0 Å². The molecule has 0 aliphatic carbocycles. The van der Waals surface area contributed by atoms with Crippen molar-refractivity contribution in [2.45, 2.75) is 25.9 Å². The number of piperidine rings is 1. The van der Waals surface area contributed by atoms with E-state index in [0.29, 0.717) is 24.6 Å². The Kier molecular flexibility index (Phi) is 5.21. The van der Waals surface area contributed by atoms with Crippen LogP contribution in [0.25, 0.3) is 11.4 Å². The highest BCUT2D eigenvalue weighted by atomic mass is 16.2. The van der Waals surface area contributed by atoms with Crippen LogP contribution >= 0.6 is 0 Å². The number of likely N-dealkylation sites (tertiary alicyclic amines) is 1. The molecule has 1 aliphatic heterocycles. The van der Waals surface area contributed by atoms with E-state index in [1.54, 1.807) is 6.20 Å². The van der Waals surface area contributed by atoms with Crippen LogP contribution in [-0.4, -0.2) is 48.4 Å². The summed E-state index contributed by atoms with van der Waals surface area (Å²) in [5, 5.41) is 8.19. The molecule has 3 aromatic rings. The second-order valence-corrected chi connectivity index (χ2v) is 7.30. The van der Waals surface area contributed by atoms with Gasteiger partial charge in [-0.3, -0.25) is 9.48 Å². The molecule has 2 aromatic heterocycles. The van der Waals surface area contributed by atoms with Gasteiger partial charge in [0.05, 0.1) is 11.3 Å². The van der Waals surface area contributed by atoms with Gasteiger partial charge >= 0.3 is 0 Å². The topological polar surface area (TPSA) is 94.9 Å². The first-order valence-electron chi connectivity index (χ1n) is 9.60. The maximum absolute atomic E-state index is 13.3. The van der Waals surface area contributed by atoms with Crippen molar-refractivity contribution < 1.29 is 4.79 Å². The molecular formula is C20H25N7O. The summed E-state index contributed by atoms with van der Waals surface area (Å²) < 4.78 is 3.77. The van der Waals surface area contributed by atoms with E-state index in [1.165, 1.54) is 0 Å². The van der Waals surface area contributed by atoms with Crippen LogP contribution in [-0.2, 0) is 20.1 Å². The Hall–Kier alpha value is -3.00. The van der Waals surface area contributed by atoms with Gasteiger partial charge in [-0.05, 0) is 24.8 Å². The lowest BCUT2D eigenvalue weighted by molar-refractivity contribution is 0.0660. The fourth-order valence-electron chi connectivity index (χ4n) is 3.84. The smallest absolute Gasteiger partial charge is 0.254 e. The highest BCUT2D eigenvalue weighted by Crippen LogP contribution is 2.26. The van der Waals surface area contributed by atoms with E-state index >= 15 is 0 Å². The molecule has 1 amide bonds. The van der Waals surface area contributed by atoms with Crippen LogP contribution in [0.3, 0.4) is 0 Å². The van der Waals surface area contributed by atoms with Gasteiger partial charge < -0.3 is 15.2 Å². The third-order valence-electron chi connectivity index (χ3n) is 5.27. The lowest BCUT2D eigenvalue weighted by atomic mass is 9.96. The maximum atomic E-state index is 13.3. The van der Waals surface area contributed by atoms with Gasteiger partial charge in [0.15, 0.2) is 0 Å². The molecular weight excluding hydrogens is 354 g/mol. The molecule has 2 N–H and O–H groups in total. The monoisotopic (exact) mass is 379 g/mol. The molecule has 1 fully saturated rings. The van der Waals surface area contributed by atoms with Gasteiger partial charge in [0.1, 0.15) is 5.82 Å². The van der Waals surface area contributed by atoms with Gasteiger partial charge in [0.25, 0.3) is 5.91 Å². The number of hydrogen-bond donors (Lipinski definition) is 1. The minimum atomic E-state index is 0.0598. The Balaban J connectivity index is 1.51. The van der Waals surface area contributed by atoms with Crippen molar-refractivity contribution in [3.05, 3.63) is 54.1 Å². The molecule has 28 heavy (non-hydrogen) atoms. The number of benzene rings is 1. The Labute approximate surface area is 164 Å². The first-order chi connectivity index (χ1) is 13.7. The second-order valence-electron chi connectivity index (χ2n) is 7.30. The van der Waals surface area contributed by atoms with Crippen molar-refractivity contribution in [1.82, 2.24) is 29.4 Å². The standard InChI is InChI=1S/C20H25N7O/c1-25-10-8-22-19(25)17-6-2-3-7-18(17)20(28)26-9-4-5-15(12-26)13-27-14-16(11-21)23-24-27/h2-3,6-8,10,14-15H,4-5,9,11-13,21H2,1H3. The predicted molar refractivity (Wildman–Crippen MR) is 105 cm³/mol. The first kappa shape index (κ1) is 18.4. The van der Waals surface area contributed by atoms with Crippen molar-refractivity contribution in [3.8, 4) is 11.4 Å². The average Bonchev–Trinajstić information content (AvgIpc) is 3.36. The number of nitrogens with two attached hydrogens (primary N) is 1. The van der Waals surface area contributed by atoms with Crippen LogP contribution < -0.4 is 5.73 Å². The largest absolute Gasteiger partial charge is 0.338 e. The Morgan fingerprint density at radius 3 is 2.93 bits per heavy atom. The summed E-state index contributed by atoms with van der Waals surface area (Å²) in [4.78, 5) is 19.7. The van der Waals surface area contributed by atoms with Crippen molar-refractivity contribution in [2.75, 3.05) is 13.1 Å². The third-order valence-corrected chi connectivity index (χ3v) is 5.27. The zero-order chi connectivity index (χ0) is 19.5. The maximum Gasteiger partial charge on any atom is 0.254 e. The van der Waals surface area contributed by atoms with E-state index < -0.39 is 0 Å². The molecule has 0 saturated carbocycles. The van der Waals surface area contributed by atoms with Crippen LogP contribution in [0.2, 0.25) is 0 Å². The molecule has 1 atom stereocenters. The fourth-order valence-corrected chi connectivity index (χ4v) is 3.84. The van der Waals surface area contributed by atoms with E-state index in [2.05, 4.69) is 15.3 Å². The molecule has 0 spiro atoms. The number of imidazole rings is 1. The van der Waals surface area contributed by atoms with Gasteiger partial charge in [0, 0.05) is 57.4 Å². The number of nitrogens with zero attached hydrogens (tertiary/aromatic N) is 6. The fraction of sp³-hybridized carbons (Fsp3) is 0.400. The first-order valence-corrected chi connectivity index (χ1v) is 9.60. The quantitative estimate of drug-likeness (QED) is 0.728. The number of carbonyl (C=O) groups excluding carboxylic acids is 1. The number of hydrogen-bond acceptors (Lipinski definition) is 5. The lowest BCUT2D eigenvalue weighted by Gasteiger charge is -2.33. The average molecular weight is 379 g/mol. The van der Waals surface area contributed by atoms with Crippen molar-refractivity contribution in [3.63, 3.8) is 0 Å². The van der Waals surface area contributed by atoms with Gasteiger partial charge in [-0.15, -0.1) is 5.10 Å². The normalized spacial score (nSPS) is 17.1. The molecule has 0 bridgehead atoms. The molecule has 1 aromatic carbocycles. The summed E-state index contributed by atoms with van der Waals surface area (Å²) in [5.41, 5.74) is 7.96. The predicted octanol–water partition coefficient (Wildman–Crippen LogP) is 1.69. The number of aromatic nitrogens is 5. The number of aryl methyl sites for hydroxylation is 1. The summed E-state index contributed by atoms with van der Waals surface area (Å²) in [6, 6.07) is 7.70. The van der Waals surface area contributed by atoms with Gasteiger partial charge in [0.2, 0.25) is 0 Å². The van der Waals surface area contributed by atoms with Gasteiger partial charge in [-0.1, -0.05) is 23.4 Å². The van der Waals surface area contributed by atoms with E-state index in [9.17, 15) is 4.79 Å². The number of carbonyl (C=O) groups is 1. The van der Waals surface area contributed by atoms with Crippen LogP contribution in [0.15, 0.2) is 42.9 Å². The van der Waals surface area contributed by atoms with Crippen LogP contribution in [0.1, 0.15) is 28.9 Å². The Morgan fingerprint density at radius 1 is 1.32 bits per heavy atom. The van der Waals surface area contributed by atoms with E-state index in [0.717, 1.165) is 43.0 Å². The van der Waals surface area contributed by atoms with Crippen molar-refractivity contribution >= 4 is 5.91 Å². The van der Waals surface area contributed by atoms with Crippen molar-refractivity contribution in [2.24, 2.45) is 18.7 Å². The van der Waals surface area contributed by atoms with Gasteiger partial charge in [-0.25, -0.2) is 4.98 Å². The molecule has 1 unspecified atom stereocenters. The van der Waals surface area contributed by atoms with Gasteiger partial charge in [-0.2, -0.15) is 0 Å². The highest BCUT2D eigenvalue weighted by Gasteiger charge is 2.27. The zero-order valence-electron chi connectivity index (χ0n) is 16.0.